The maximum Gasteiger partial charge on any atom is 0.265 e. The highest BCUT2D eigenvalue weighted by molar-refractivity contribution is 5.25. The van der Waals surface area contributed by atoms with Gasteiger partial charge in [-0.2, -0.15) is 0 Å². The average Bonchev–Trinajstić information content (AvgIpc) is 2.32. The molecule has 1 aromatic rings. The Morgan fingerprint density at radius 2 is 1.27 bits per heavy atom. The number of hydrogen-bond donors (Lipinski definition) is 1. The molecule has 0 saturated carbocycles. The van der Waals surface area contributed by atoms with Gasteiger partial charge < -0.3 is 4.98 Å². The van der Waals surface area contributed by atoms with E-state index in [9.17, 15) is 17.6 Å². The highest BCUT2D eigenvalue weighted by Crippen LogP contribution is 2.29. The molecule has 0 fully saturated rings. The van der Waals surface area contributed by atoms with Crippen LogP contribution in [-0.2, 0) is 0 Å². The zero-order valence-electron chi connectivity index (χ0n) is 5.32. The van der Waals surface area contributed by atoms with Crippen LogP contribution < -0.4 is 0 Å². The second-order valence-corrected chi connectivity index (χ2v) is 1.97. The molecular weight excluding hydrogens is 162 g/mol. The molecule has 0 aromatic carbocycles. The lowest BCUT2D eigenvalue weighted by molar-refractivity contribution is 0.125. The number of halogens is 4. The van der Waals surface area contributed by atoms with E-state index in [-0.39, 0.29) is 0 Å². The molecule has 1 heterocycles. The lowest BCUT2D eigenvalue weighted by Gasteiger charge is -1.99. The number of alkyl halides is 4. The minimum atomic E-state index is -2.84. The summed E-state index contributed by atoms with van der Waals surface area (Å²) in [4.78, 5) is 2.20. The molecule has 0 radical (unpaired) electrons. The highest BCUT2D eigenvalue weighted by atomic mass is 19.3. The molecule has 0 atom stereocenters. The fourth-order valence-corrected chi connectivity index (χ4v) is 0.766. The molecular formula is C6H5F4N. The van der Waals surface area contributed by atoms with Crippen LogP contribution in [0.15, 0.2) is 12.4 Å². The predicted octanol–water partition coefficient (Wildman–Crippen LogP) is 2.89. The Morgan fingerprint density at radius 1 is 0.909 bits per heavy atom. The summed E-state index contributed by atoms with van der Waals surface area (Å²) in [7, 11) is 0. The molecule has 1 aromatic heterocycles. The van der Waals surface area contributed by atoms with Crippen molar-refractivity contribution in [2.24, 2.45) is 0 Å². The zero-order valence-corrected chi connectivity index (χ0v) is 5.32. The molecule has 5 heteroatoms. The number of rotatable bonds is 2. The van der Waals surface area contributed by atoms with Crippen molar-refractivity contribution in [3.8, 4) is 0 Å². The predicted molar refractivity (Wildman–Crippen MR) is 30.7 cm³/mol. The molecule has 0 amide bonds. The van der Waals surface area contributed by atoms with E-state index in [4.69, 9.17) is 0 Å². The standard InChI is InChI=1S/C6H5F4N/c7-5(8)3-1-11-2-4(3)6(9)10/h1-2,5-6,11H. The Balaban J connectivity index is 2.96. The van der Waals surface area contributed by atoms with Gasteiger partial charge in [0.25, 0.3) is 12.9 Å². The van der Waals surface area contributed by atoms with Crippen LogP contribution in [0, 0.1) is 0 Å². The summed E-state index contributed by atoms with van der Waals surface area (Å²) in [5.41, 5.74) is -1.25. The summed E-state index contributed by atoms with van der Waals surface area (Å²) in [5.74, 6) is 0. The van der Waals surface area contributed by atoms with Gasteiger partial charge in [-0.05, 0) is 0 Å². The van der Waals surface area contributed by atoms with Crippen LogP contribution in [0.2, 0.25) is 0 Å². The molecule has 1 N–H and O–H groups in total. The van der Waals surface area contributed by atoms with E-state index in [1.807, 2.05) is 0 Å². The zero-order chi connectivity index (χ0) is 8.43. The van der Waals surface area contributed by atoms with Crippen LogP contribution >= 0.6 is 0 Å². The van der Waals surface area contributed by atoms with E-state index in [1.54, 1.807) is 0 Å². The van der Waals surface area contributed by atoms with Crippen LogP contribution in [0.1, 0.15) is 24.0 Å². The summed E-state index contributed by atoms with van der Waals surface area (Å²) in [6.07, 6.45) is -3.92. The number of nitrogens with one attached hydrogen (secondary N) is 1. The van der Waals surface area contributed by atoms with Crippen LogP contribution in [0.3, 0.4) is 0 Å². The van der Waals surface area contributed by atoms with E-state index in [0.29, 0.717) is 0 Å². The first-order valence-electron chi connectivity index (χ1n) is 2.85. The van der Waals surface area contributed by atoms with Crippen molar-refractivity contribution >= 4 is 0 Å². The molecule has 0 bridgehead atoms. The molecule has 0 saturated heterocycles. The summed E-state index contributed by atoms with van der Waals surface area (Å²) in [5, 5.41) is 0. The maximum atomic E-state index is 11.9. The second-order valence-electron chi connectivity index (χ2n) is 1.97. The SMILES string of the molecule is FC(F)c1c[nH]cc1C(F)F. The molecule has 0 aliphatic heterocycles. The van der Waals surface area contributed by atoms with Crippen LogP contribution in [-0.4, -0.2) is 4.98 Å². The van der Waals surface area contributed by atoms with Crippen molar-refractivity contribution in [3.63, 3.8) is 0 Å². The normalized spacial score (nSPS) is 11.5. The van der Waals surface area contributed by atoms with Crippen molar-refractivity contribution < 1.29 is 17.6 Å². The molecule has 0 spiro atoms. The van der Waals surface area contributed by atoms with E-state index in [1.165, 1.54) is 0 Å². The van der Waals surface area contributed by atoms with Gasteiger partial charge in [-0.25, -0.2) is 17.6 Å². The van der Waals surface area contributed by atoms with Gasteiger partial charge in [-0.1, -0.05) is 0 Å². The average molecular weight is 167 g/mol. The van der Waals surface area contributed by atoms with Crippen molar-refractivity contribution in [1.29, 1.82) is 0 Å². The Kier molecular flexibility index (Phi) is 2.16. The largest absolute Gasteiger partial charge is 0.367 e. The van der Waals surface area contributed by atoms with Gasteiger partial charge in [0, 0.05) is 23.5 Å². The summed E-state index contributed by atoms with van der Waals surface area (Å²) < 4.78 is 47.5. The van der Waals surface area contributed by atoms with Gasteiger partial charge >= 0.3 is 0 Å². The van der Waals surface area contributed by atoms with Gasteiger partial charge in [-0.15, -0.1) is 0 Å². The van der Waals surface area contributed by atoms with Crippen LogP contribution in [0.4, 0.5) is 17.6 Å². The van der Waals surface area contributed by atoms with E-state index >= 15 is 0 Å². The van der Waals surface area contributed by atoms with Gasteiger partial charge in [0.1, 0.15) is 0 Å². The minimum Gasteiger partial charge on any atom is -0.367 e. The topological polar surface area (TPSA) is 15.8 Å². The molecule has 0 aliphatic rings. The lowest BCUT2D eigenvalue weighted by Crippen LogP contribution is -1.88. The van der Waals surface area contributed by atoms with E-state index in [2.05, 4.69) is 4.98 Å². The van der Waals surface area contributed by atoms with Crippen molar-refractivity contribution in [2.45, 2.75) is 12.9 Å². The molecule has 1 nitrogen and oxygen atoms in total. The minimum absolute atomic E-state index is 0.625. The summed E-state index contributed by atoms with van der Waals surface area (Å²) in [6, 6.07) is 0. The molecule has 1 rings (SSSR count). The Bertz CT molecular complexity index is 208. The van der Waals surface area contributed by atoms with Crippen molar-refractivity contribution in [3.05, 3.63) is 23.5 Å². The first kappa shape index (κ1) is 8.10. The third-order valence-corrected chi connectivity index (χ3v) is 1.28. The molecule has 62 valence electrons. The summed E-state index contributed by atoms with van der Waals surface area (Å²) in [6.45, 7) is 0. The van der Waals surface area contributed by atoms with Gasteiger partial charge in [0.2, 0.25) is 0 Å². The number of aromatic nitrogens is 1. The first-order valence-corrected chi connectivity index (χ1v) is 2.85. The molecule has 0 aliphatic carbocycles. The third kappa shape index (κ3) is 1.53. The number of H-pyrrole nitrogens is 1. The number of hydrogen-bond acceptors (Lipinski definition) is 0. The van der Waals surface area contributed by atoms with Gasteiger partial charge in [0.15, 0.2) is 0 Å². The fraction of sp³-hybridized carbons (Fsp3) is 0.333. The number of aromatic amines is 1. The quantitative estimate of drug-likeness (QED) is 0.652. The lowest BCUT2D eigenvalue weighted by atomic mass is 10.2. The third-order valence-electron chi connectivity index (χ3n) is 1.28. The monoisotopic (exact) mass is 167 g/mol. The second kappa shape index (κ2) is 2.94. The van der Waals surface area contributed by atoms with Crippen LogP contribution in [0.25, 0.3) is 0 Å². The highest BCUT2D eigenvalue weighted by Gasteiger charge is 2.19. The van der Waals surface area contributed by atoms with E-state index < -0.39 is 24.0 Å². The van der Waals surface area contributed by atoms with Crippen molar-refractivity contribution in [2.75, 3.05) is 0 Å². The first-order chi connectivity index (χ1) is 5.13. The smallest absolute Gasteiger partial charge is 0.265 e. The fourth-order valence-electron chi connectivity index (χ4n) is 0.766. The Morgan fingerprint density at radius 3 is 1.55 bits per heavy atom. The van der Waals surface area contributed by atoms with Crippen LogP contribution in [0.5, 0.6) is 0 Å². The van der Waals surface area contributed by atoms with Gasteiger partial charge in [0.05, 0.1) is 0 Å². The van der Waals surface area contributed by atoms with Crippen molar-refractivity contribution in [1.82, 2.24) is 4.98 Å². The Labute approximate surface area is 60.0 Å². The Hall–Kier alpha value is -1.00. The molecule has 0 unspecified atom stereocenters. The molecule has 11 heavy (non-hydrogen) atoms. The van der Waals surface area contributed by atoms with Gasteiger partial charge in [-0.3, -0.25) is 0 Å². The van der Waals surface area contributed by atoms with E-state index in [0.717, 1.165) is 12.4 Å². The maximum absolute atomic E-state index is 11.9. The summed E-state index contributed by atoms with van der Waals surface area (Å²) >= 11 is 0.